The van der Waals surface area contributed by atoms with Crippen molar-refractivity contribution in [2.75, 3.05) is 26.2 Å². The van der Waals surface area contributed by atoms with Crippen molar-refractivity contribution in [2.24, 2.45) is 0 Å². The Morgan fingerprint density at radius 3 is 1.90 bits per heavy atom. The van der Waals surface area contributed by atoms with Gasteiger partial charge in [-0.1, -0.05) is 18.2 Å². The Labute approximate surface area is 339 Å². The van der Waals surface area contributed by atoms with Crippen LogP contribution < -0.4 is 25.4 Å². The molecule has 16 nitrogen and oxygen atoms in total. The van der Waals surface area contributed by atoms with Crippen molar-refractivity contribution >= 4 is 46.3 Å². The van der Waals surface area contributed by atoms with Crippen LogP contribution in [0.3, 0.4) is 0 Å². The third-order valence-corrected chi connectivity index (χ3v) is 11.7. The molecule has 2 unspecified atom stereocenters. The molecule has 4 atom stereocenters. The summed E-state index contributed by atoms with van der Waals surface area (Å²) in [5.74, 6) is 0.577. The van der Waals surface area contributed by atoms with E-state index >= 15 is 0 Å². The van der Waals surface area contributed by atoms with Crippen LogP contribution in [0.1, 0.15) is 76.2 Å². The minimum Gasteiger partial charge on any atom is -0.489 e. The number of benzene rings is 3. The summed E-state index contributed by atoms with van der Waals surface area (Å²) in [5.41, 5.74) is 3.86. The summed E-state index contributed by atoms with van der Waals surface area (Å²) < 4.78 is 12.2. The summed E-state index contributed by atoms with van der Waals surface area (Å²) in [5, 5.41) is 8.93. The number of hydrogen-bond acceptors (Lipinski definition) is 12. The molecule has 0 spiro atoms. The molecule has 0 bridgehead atoms. The standard InChI is InChI=1S/C26H25N5O4.C17H19N3O4/c32-24-8-7-22(25(33)29-24)31-13-17-11-18(5-6-20(17)26(31)34)35-19-9-10-30(14-19)15-23-27-12-16-3-1-2-4-21(16)28-23;21-15-4-3-14(16(22)19-15)20-9-10-7-11(1-2-13(10)17(20)23)24-12-5-6-18-8-12/h1-6,11-12,19,22H,7-10,13-15H2,(H,29,32,33);1-2,7,12,14,18H,3-6,8-9H2,(H,19,21,22)/t19-,22?;12-,14?/m00/s1. The van der Waals surface area contributed by atoms with Gasteiger partial charge in [-0.3, -0.25) is 44.3 Å². The molecule has 3 N–H and O–H groups in total. The van der Waals surface area contributed by atoms with Crippen LogP contribution in [0.5, 0.6) is 11.5 Å². The van der Waals surface area contributed by atoms with E-state index < -0.39 is 18.0 Å². The van der Waals surface area contributed by atoms with Gasteiger partial charge in [-0.15, -0.1) is 0 Å². The van der Waals surface area contributed by atoms with Crippen LogP contribution in [0, 0.1) is 0 Å². The molecule has 0 radical (unpaired) electrons. The van der Waals surface area contributed by atoms with Crippen molar-refractivity contribution in [1.29, 1.82) is 0 Å². The van der Waals surface area contributed by atoms with Crippen molar-refractivity contribution in [3.8, 4) is 11.5 Å². The molecular formula is C43H44N8O8. The van der Waals surface area contributed by atoms with E-state index in [9.17, 15) is 28.8 Å². The largest absolute Gasteiger partial charge is 0.489 e. The molecule has 59 heavy (non-hydrogen) atoms. The summed E-state index contributed by atoms with van der Waals surface area (Å²) in [6.07, 6.45) is 5.17. The van der Waals surface area contributed by atoms with Crippen LogP contribution in [0.2, 0.25) is 0 Å². The maximum atomic E-state index is 12.9. The minimum absolute atomic E-state index is 0.0387. The molecule has 3 aromatic carbocycles. The highest BCUT2D eigenvalue weighted by Gasteiger charge is 2.41. The predicted octanol–water partition coefficient (Wildman–Crippen LogP) is 2.23. The Balaban J connectivity index is 0.000000163. The molecule has 4 fully saturated rings. The minimum atomic E-state index is -0.613. The van der Waals surface area contributed by atoms with Gasteiger partial charge in [0, 0.05) is 68.3 Å². The van der Waals surface area contributed by atoms with Gasteiger partial charge in [0.2, 0.25) is 23.6 Å². The molecule has 4 saturated heterocycles. The first-order valence-corrected chi connectivity index (χ1v) is 20.2. The maximum absolute atomic E-state index is 12.9. The highest BCUT2D eigenvalue weighted by atomic mass is 16.5. The van der Waals surface area contributed by atoms with E-state index in [4.69, 9.17) is 9.47 Å². The quantitative estimate of drug-likeness (QED) is 0.221. The highest BCUT2D eigenvalue weighted by molar-refractivity contribution is 6.06. The van der Waals surface area contributed by atoms with Crippen LogP contribution in [0.25, 0.3) is 10.9 Å². The summed E-state index contributed by atoms with van der Waals surface area (Å²) >= 11 is 0. The second-order valence-corrected chi connectivity index (χ2v) is 15.8. The Hall–Kier alpha value is -6.26. The molecule has 304 valence electrons. The van der Waals surface area contributed by atoms with Crippen molar-refractivity contribution < 1.29 is 38.2 Å². The van der Waals surface area contributed by atoms with Crippen molar-refractivity contribution in [3.05, 3.63) is 94.9 Å². The smallest absolute Gasteiger partial charge is 0.255 e. The van der Waals surface area contributed by atoms with Gasteiger partial charge in [-0.25, -0.2) is 9.97 Å². The molecule has 0 aliphatic carbocycles. The number of nitrogens with zero attached hydrogens (tertiary/aromatic N) is 5. The van der Waals surface area contributed by atoms with Gasteiger partial charge >= 0.3 is 0 Å². The molecule has 10 rings (SSSR count). The van der Waals surface area contributed by atoms with Gasteiger partial charge in [0.05, 0.1) is 12.1 Å². The number of rotatable bonds is 8. The number of para-hydroxylation sites is 1. The lowest BCUT2D eigenvalue weighted by Gasteiger charge is -2.29. The van der Waals surface area contributed by atoms with Crippen LogP contribution >= 0.6 is 0 Å². The van der Waals surface area contributed by atoms with Gasteiger partial charge in [-0.2, -0.15) is 0 Å². The summed E-state index contributed by atoms with van der Waals surface area (Å²) in [7, 11) is 0. The topological polar surface area (TPSA) is 192 Å². The molecule has 16 heteroatoms. The summed E-state index contributed by atoms with van der Waals surface area (Å²) in [6, 6.07) is 17.7. The molecule has 6 aliphatic rings. The predicted molar refractivity (Wildman–Crippen MR) is 211 cm³/mol. The number of carbonyl (C=O) groups excluding carboxylic acids is 6. The molecule has 6 aliphatic heterocycles. The molecule has 7 heterocycles. The van der Waals surface area contributed by atoms with Gasteiger partial charge in [-0.05, 0) is 85.8 Å². The van der Waals surface area contributed by atoms with E-state index in [-0.39, 0.29) is 54.6 Å². The zero-order chi connectivity index (χ0) is 40.6. The monoisotopic (exact) mass is 800 g/mol. The number of ether oxygens (including phenoxy) is 2. The van der Waals surface area contributed by atoms with Crippen LogP contribution in [0.4, 0.5) is 0 Å². The van der Waals surface area contributed by atoms with E-state index in [0.29, 0.717) is 43.6 Å². The fourth-order valence-corrected chi connectivity index (χ4v) is 8.69. The SMILES string of the molecule is O=C1CCC(N2Cc3cc(O[C@H]4CCN(Cc5ncc6ccccc6n5)C4)ccc3C2=O)C(=O)N1.O=C1CCC(N2Cc3cc(O[C@H]4CCNC4)ccc3C2=O)C(=O)N1. The summed E-state index contributed by atoms with van der Waals surface area (Å²) in [4.78, 5) is 87.1. The second kappa shape index (κ2) is 16.2. The number of fused-ring (bicyclic) bond motifs is 3. The fourth-order valence-electron chi connectivity index (χ4n) is 8.69. The first kappa shape index (κ1) is 38.3. The van der Waals surface area contributed by atoms with Gasteiger partial charge in [0.1, 0.15) is 41.6 Å². The van der Waals surface area contributed by atoms with Gasteiger partial charge in [0.25, 0.3) is 11.8 Å². The normalized spacial score (nSPS) is 24.1. The number of hydrogen-bond donors (Lipinski definition) is 3. The third kappa shape index (κ3) is 8.10. The van der Waals surface area contributed by atoms with Crippen LogP contribution in [-0.4, -0.2) is 111 Å². The number of likely N-dealkylation sites (tertiary alicyclic amines) is 1. The van der Waals surface area contributed by atoms with Gasteiger partial charge < -0.3 is 24.6 Å². The second-order valence-electron chi connectivity index (χ2n) is 15.8. The fraction of sp³-hybridized carbons (Fsp3) is 0.395. The first-order chi connectivity index (χ1) is 28.6. The Kier molecular flexibility index (Phi) is 10.5. The van der Waals surface area contributed by atoms with Crippen molar-refractivity contribution in [2.45, 2.75) is 82.5 Å². The number of piperidine rings is 2. The highest BCUT2D eigenvalue weighted by Crippen LogP contribution is 2.33. The Bertz CT molecular complexity index is 2370. The summed E-state index contributed by atoms with van der Waals surface area (Å²) in [6.45, 7) is 4.84. The van der Waals surface area contributed by atoms with Crippen LogP contribution in [0.15, 0.2) is 66.9 Å². The average molecular weight is 801 g/mol. The van der Waals surface area contributed by atoms with Crippen molar-refractivity contribution in [3.63, 3.8) is 0 Å². The van der Waals surface area contributed by atoms with E-state index in [1.54, 1.807) is 21.9 Å². The van der Waals surface area contributed by atoms with E-state index in [0.717, 1.165) is 78.4 Å². The molecule has 4 aromatic rings. The average Bonchev–Trinajstić information content (AvgIpc) is 4.03. The number of aromatic nitrogens is 2. The molecule has 6 amide bonds. The number of carbonyl (C=O) groups is 6. The van der Waals surface area contributed by atoms with Crippen molar-refractivity contribution in [1.82, 2.24) is 40.6 Å². The van der Waals surface area contributed by atoms with Crippen LogP contribution in [-0.2, 0) is 38.8 Å². The van der Waals surface area contributed by atoms with Gasteiger partial charge in [0.15, 0.2) is 0 Å². The number of amides is 6. The zero-order valence-corrected chi connectivity index (χ0v) is 32.4. The van der Waals surface area contributed by atoms with E-state index in [2.05, 4.69) is 30.8 Å². The van der Waals surface area contributed by atoms with E-state index in [1.165, 1.54) is 0 Å². The molecule has 1 aromatic heterocycles. The molecular weight excluding hydrogens is 757 g/mol. The number of nitrogens with one attached hydrogen (secondary N) is 3. The Morgan fingerprint density at radius 1 is 0.695 bits per heavy atom. The molecule has 0 saturated carbocycles. The lowest BCUT2D eigenvalue weighted by molar-refractivity contribution is -0.138. The lowest BCUT2D eigenvalue weighted by Crippen LogP contribution is -2.52. The number of imide groups is 2. The Morgan fingerprint density at radius 2 is 1.31 bits per heavy atom. The first-order valence-electron chi connectivity index (χ1n) is 20.2. The zero-order valence-electron chi connectivity index (χ0n) is 32.4. The third-order valence-electron chi connectivity index (χ3n) is 11.7. The maximum Gasteiger partial charge on any atom is 0.255 e. The van der Waals surface area contributed by atoms with E-state index in [1.807, 2.05) is 54.7 Å². The lowest BCUT2D eigenvalue weighted by atomic mass is 10.0.